The number of aryl methyl sites for hydroxylation is 1. The van der Waals surface area contributed by atoms with E-state index in [-0.39, 0.29) is 11.3 Å². The lowest BCUT2D eigenvalue weighted by Gasteiger charge is -2.01. The monoisotopic (exact) mass is 244 g/mol. The van der Waals surface area contributed by atoms with Gasteiger partial charge in [0.1, 0.15) is 5.75 Å². The summed E-state index contributed by atoms with van der Waals surface area (Å²) >= 11 is 0. The Kier molecular flexibility index (Phi) is 3.38. The number of hydrogen-bond acceptors (Lipinski definition) is 4. The number of amides is 1. The van der Waals surface area contributed by atoms with Crippen molar-refractivity contribution < 1.29 is 9.90 Å². The lowest BCUT2D eigenvalue weighted by Crippen LogP contribution is -2.17. The van der Waals surface area contributed by atoms with Gasteiger partial charge in [-0.2, -0.15) is 10.2 Å². The third-order valence-electron chi connectivity index (χ3n) is 2.25. The summed E-state index contributed by atoms with van der Waals surface area (Å²) < 4.78 is 1.63. The fourth-order valence-corrected chi connectivity index (χ4v) is 1.40. The average molecular weight is 244 g/mol. The van der Waals surface area contributed by atoms with E-state index in [9.17, 15) is 9.90 Å². The predicted molar refractivity (Wildman–Crippen MR) is 66.4 cm³/mol. The van der Waals surface area contributed by atoms with E-state index in [2.05, 4.69) is 15.6 Å². The molecule has 0 saturated heterocycles. The van der Waals surface area contributed by atoms with Crippen molar-refractivity contribution in [3.8, 4) is 5.75 Å². The van der Waals surface area contributed by atoms with E-state index >= 15 is 0 Å². The van der Waals surface area contributed by atoms with Crippen LogP contribution in [0.5, 0.6) is 5.75 Å². The van der Waals surface area contributed by atoms with E-state index < -0.39 is 5.91 Å². The lowest BCUT2D eigenvalue weighted by molar-refractivity contribution is 0.0952. The minimum Gasteiger partial charge on any atom is -0.507 e. The molecule has 0 aliphatic carbocycles. The fourth-order valence-electron chi connectivity index (χ4n) is 1.40. The molecule has 1 aromatic heterocycles. The Bertz CT molecular complexity index is 589. The number of phenolic OH excluding ortho intramolecular Hbond substituents is 1. The molecule has 0 saturated carbocycles. The Hall–Kier alpha value is -2.63. The van der Waals surface area contributed by atoms with Gasteiger partial charge >= 0.3 is 0 Å². The summed E-state index contributed by atoms with van der Waals surface area (Å²) in [7, 11) is 1.79. The Labute approximate surface area is 104 Å². The van der Waals surface area contributed by atoms with Crippen molar-refractivity contribution in [1.82, 2.24) is 15.2 Å². The highest BCUT2D eigenvalue weighted by atomic mass is 16.3. The quantitative estimate of drug-likeness (QED) is 0.621. The topological polar surface area (TPSA) is 79.5 Å². The summed E-state index contributed by atoms with van der Waals surface area (Å²) in [6.45, 7) is 0. The van der Waals surface area contributed by atoms with Crippen LogP contribution in [0.2, 0.25) is 0 Å². The number of benzene rings is 1. The van der Waals surface area contributed by atoms with Crippen molar-refractivity contribution in [2.45, 2.75) is 0 Å². The van der Waals surface area contributed by atoms with E-state index in [0.717, 1.165) is 5.56 Å². The van der Waals surface area contributed by atoms with E-state index in [1.54, 1.807) is 36.3 Å². The predicted octanol–water partition coefficient (Wildman–Crippen LogP) is 0.890. The van der Waals surface area contributed by atoms with Crippen molar-refractivity contribution in [3.05, 3.63) is 47.8 Å². The number of rotatable bonds is 3. The molecule has 0 spiro atoms. The number of carbonyl (C=O) groups excluding carboxylic acids is 1. The second-order valence-electron chi connectivity index (χ2n) is 3.66. The van der Waals surface area contributed by atoms with Crippen LogP contribution in [-0.4, -0.2) is 27.0 Å². The first-order valence-corrected chi connectivity index (χ1v) is 5.27. The summed E-state index contributed by atoms with van der Waals surface area (Å²) in [6.07, 6.45) is 4.86. The fraction of sp³-hybridized carbons (Fsp3) is 0.0833. The molecule has 0 aliphatic rings. The number of aromatic nitrogens is 2. The molecular weight excluding hydrogens is 232 g/mol. The molecule has 1 amide bonds. The Balaban J connectivity index is 2.01. The highest BCUT2D eigenvalue weighted by Gasteiger charge is 2.08. The van der Waals surface area contributed by atoms with Gasteiger partial charge in [-0.15, -0.1) is 0 Å². The number of nitrogens with one attached hydrogen (secondary N) is 1. The number of nitrogens with zero attached hydrogens (tertiary/aromatic N) is 3. The van der Waals surface area contributed by atoms with Gasteiger partial charge in [-0.1, -0.05) is 12.1 Å². The number of aromatic hydroxyl groups is 1. The second kappa shape index (κ2) is 5.13. The molecule has 0 unspecified atom stereocenters. The van der Waals surface area contributed by atoms with Crippen LogP contribution in [-0.2, 0) is 7.05 Å². The number of hydrazone groups is 1. The maximum absolute atomic E-state index is 11.7. The summed E-state index contributed by atoms with van der Waals surface area (Å²) in [5.41, 5.74) is 3.29. The van der Waals surface area contributed by atoms with Gasteiger partial charge in [0.2, 0.25) is 0 Å². The van der Waals surface area contributed by atoms with Gasteiger partial charge in [0.05, 0.1) is 18.0 Å². The maximum atomic E-state index is 11.7. The molecule has 2 N–H and O–H groups in total. The van der Waals surface area contributed by atoms with Crippen molar-refractivity contribution in [2.75, 3.05) is 0 Å². The molecule has 6 nitrogen and oxygen atoms in total. The normalized spacial score (nSPS) is 10.7. The third kappa shape index (κ3) is 2.73. The van der Waals surface area contributed by atoms with E-state index in [1.165, 1.54) is 18.3 Å². The first-order valence-electron chi connectivity index (χ1n) is 5.27. The van der Waals surface area contributed by atoms with Gasteiger partial charge in [-0.05, 0) is 12.1 Å². The standard InChI is InChI=1S/C12H12N4O2/c1-16-8-9(7-14-16)6-13-15-12(18)10-4-2-3-5-11(10)17/h2-8,17H,1H3,(H,15,18)/b13-6+. The van der Waals surface area contributed by atoms with Crippen LogP contribution < -0.4 is 5.43 Å². The largest absolute Gasteiger partial charge is 0.507 e. The summed E-state index contributed by atoms with van der Waals surface area (Å²) in [5, 5.41) is 17.2. The molecule has 0 atom stereocenters. The molecule has 0 bridgehead atoms. The summed E-state index contributed by atoms with van der Waals surface area (Å²) in [5.74, 6) is -0.542. The van der Waals surface area contributed by atoms with Crippen LogP contribution in [0.1, 0.15) is 15.9 Å². The van der Waals surface area contributed by atoms with Crippen LogP contribution in [0.3, 0.4) is 0 Å². The van der Waals surface area contributed by atoms with Gasteiger partial charge in [0.25, 0.3) is 5.91 Å². The van der Waals surface area contributed by atoms with E-state index in [4.69, 9.17) is 0 Å². The average Bonchev–Trinajstić information content (AvgIpc) is 2.75. The number of para-hydroxylation sites is 1. The number of hydrogen-bond donors (Lipinski definition) is 2. The number of carbonyl (C=O) groups is 1. The van der Waals surface area contributed by atoms with Crippen molar-refractivity contribution >= 4 is 12.1 Å². The lowest BCUT2D eigenvalue weighted by atomic mass is 10.2. The molecule has 1 heterocycles. The van der Waals surface area contributed by atoms with Crippen molar-refractivity contribution in [2.24, 2.45) is 12.1 Å². The molecular formula is C12H12N4O2. The van der Waals surface area contributed by atoms with E-state index in [0.29, 0.717) is 0 Å². The molecule has 1 aromatic carbocycles. The molecule has 0 fully saturated rings. The van der Waals surface area contributed by atoms with Crippen molar-refractivity contribution in [3.63, 3.8) is 0 Å². The second-order valence-corrected chi connectivity index (χ2v) is 3.66. The van der Waals surface area contributed by atoms with Crippen LogP contribution in [0.4, 0.5) is 0 Å². The molecule has 2 rings (SSSR count). The SMILES string of the molecule is Cn1cc(/C=N/NC(=O)c2ccccc2O)cn1. The van der Waals surface area contributed by atoms with Gasteiger partial charge in [-0.25, -0.2) is 5.43 Å². The smallest absolute Gasteiger partial charge is 0.275 e. The summed E-state index contributed by atoms with van der Waals surface area (Å²) in [6, 6.07) is 6.27. The van der Waals surface area contributed by atoms with Gasteiger partial charge in [0, 0.05) is 18.8 Å². The van der Waals surface area contributed by atoms with Gasteiger partial charge in [-0.3, -0.25) is 9.48 Å². The molecule has 2 aromatic rings. The Morgan fingerprint density at radius 2 is 2.28 bits per heavy atom. The molecule has 6 heteroatoms. The molecule has 0 aliphatic heterocycles. The van der Waals surface area contributed by atoms with Crippen LogP contribution >= 0.6 is 0 Å². The van der Waals surface area contributed by atoms with Crippen LogP contribution in [0.25, 0.3) is 0 Å². The highest BCUT2D eigenvalue weighted by Crippen LogP contribution is 2.14. The van der Waals surface area contributed by atoms with Crippen LogP contribution in [0, 0.1) is 0 Å². The Morgan fingerprint density at radius 3 is 2.94 bits per heavy atom. The first-order chi connectivity index (χ1) is 8.66. The van der Waals surface area contributed by atoms with Gasteiger partial charge in [0.15, 0.2) is 0 Å². The highest BCUT2D eigenvalue weighted by molar-refractivity contribution is 5.97. The maximum Gasteiger partial charge on any atom is 0.275 e. The molecule has 92 valence electrons. The third-order valence-corrected chi connectivity index (χ3v) is 2.25. The molecule has 0 radical (unpaired) electrons. The minimum absolute atomic E-state index is 0.0772. The van der Waals surface area contributed by atoms with Gasteiger partial charge < -0.3 is 5.11 Å². The first kappa shape index (κ1) is 11.8. The Morgan fingerprint density at radius 1 is 1.50 bits per heavy atom. The summed E-state index contributed by atoms with van der Waals surface area (Å²) in [4.78, 5) is 11.7. The van der Waals surface area contributed by atoms with Crippen molar-refractivity contribution in [1.29, 1.82) is 0 Å². The zero-order chi connectivity index (χ0) is 13.0. The van der Waals surface area contributed by atoms with Crippen LogP contribution in [0.15, 0.2) is 41.8 Å². The minimum atomic E-state index is -0.465. The number of phenols is 1. The molecule has 18 heavy (non-hydrogen) atoms. The van der Waals surface area contributed by atoms with E-state index in [1.807, 2.05) is 0 Å². The zero-order valence-corrected chi connectivity index (χ0v) is 9.74. The zero-order valence-electron chi connectivity index (χ0n) is 9.74.